The second kappa shape index (κ2) is 5.69. The van der Waals surface area contributed by atoms with E-state index in [1.54, 1.807) is 18.2 Å². The number of imide groups is 1. The first kappa shape index (κ1) is 15.0. The van der Waals surface area contributed by atoms with Gasteiger partial charge >= 0.3 is 5.97 Å². The van der Waals surface area contributed by atoms with Gasteiger partial charge in [-0.2, -0.15) is 0 Å². The molecule has 0 aliphatic carbocycles. The van der Waals surface area contributed by atoms with Crippen LogP contribution in [0.3, 0.4) is 0 Å². The molecule has 2 amide bonds. The van der Waals surface area contributed by atoms with Crippen molar-refractivity contribution in [2.24, 2.45) is 5.84 Å². The van der Waals surface area contributed by atoms with Gasteiger partial charge in [-0.05, 0) is 23.4 Å². The minimum atomic E-state index is -0.991. The Bertz CT molecular complexity index is 831. The number of rotatable bonds is 4. The molecule has 0 spiro atoms. The van der Waals surface area contributed by atoms with E-state index in [2.05, 4.69) is 10.7 Å². The Morgan fingerprint density at radius 1 is 1.26 bits per heavy atom. The first-order valence-electron chi connectivity index (χ1n) is 7.12. The number of nitrogens with one attached hydrogen (secondary N) is 2. The highest BCUT2D eigenvalue weighted by Gasteiger charge is 2.34. The fraction of sp³-hybridized carbons (Fsp3) is 0.188. The normalized spacial score (nSPS) is 16.8. The number of amides is 2. The van der Waals surface area contributed by atoms with Gasteiger partial charge in [0.2, 0.25) is 5.91 Å². The van der Waals surface area contributed by atoms with Crippen LogP contribution in [0.25, 0.3) is 10.8 Å². The first-order chi connectivity index (χ1) is 11.0. The minimum absolute atomic E-state index is 0.115. The number of hydrazine groups is 1. The van der Waals surface area contributed by atoms with Gasteiger partial charge in [-0.3, -0.25) is 25.5 Å². The van der Waals surface area contributed by atoms with Crippen LogP contribution in [-0.2, 0) is 9.59 Å². The van der Waals surface area contributed by atoms with Crippen LogP contribution in [0.2, 0.25) is 0 Å². The standard InChI is InChI=1S/C16H15N3O4/c17-19-12-7-11-10(5-6-13(20)21)15(22)18-16(23)14(11)9-4-2-1-3-8(9)12/h1-4,7,10,19H,5-6,17H2,(H,20,21)(H,18,22,23). The number of nitrogens with two attached hydrogens (primary N) is 1. The monoisotopic (exact) mass is 313 g/mol. The number of hydrogen-bond donors (Lipinski definition) is 4. The molecule has 0 saturated heterocycles. The second-order valence-electron chi connectivity index (χ2n) is 5.38. The fourth-order valence-electron chi connectivity index (χ4n) is 3.00. The van der Waals surface area contributed by atoms with Crippen molar-refractivity contribution in [3.63, 3.8) is 0 Å². The lowest BCUT2D eigenvalue weighted by Crippen LogP contribution is -2.41. The predicted molar refractivity (Wildman–Crippen MR) is 83.8 cm³/mol. The van der Waals surface area contributed by atoms with E-state index < -0.39 is 23.7 Å². The van der Waals surface area contributed by atoms with Crippen molar-refractivity contribution in [3.8, 4) is 0 Å². The van der Waals surface area contributed by atoms with E-state index in [1.165, 1.54) is 0 Å². The highest BCUT2D eigenvalue weighted by Crippen LogP contribution is 2.37. The number of fused-ring (bicyclic) bond motifs is 3. The average Bonchev–Trinajstić information content (AvgIpc) is 2.52. The molecule has 0 aromatic heterocycles. The zero-order valence-corrected chi connectivity index (χ0v) is 12.1. The third kappa shape index (κ3) is 2.51. The van der Waals surface area contributed by atoms with Crippen LogP contribution in [0.1, 0.15) is 34.7 Å². The largest absolute Gasteiger partial charge is 0.481 e. The zero-order valence-electron chi connectivity index (χ0n) is 12.1. The summed E-state index contributed by atoms with van der Waals surface area (Å²) >= 11 is 0. The molecule has 0 bridgehead atoms. The molecule has 0 radical (unpaired) electrons. The van der Waals surface area contributed by atoms with Crippen LogP contribution in [0, 0.1) is 0 Å². The van der Waals surface area contributed by atoms with Crippen LogP contribution in [0.4, 0.5) is 5.69 Å². The maximum Gasteiger partial charge on any atom is 0.303 e. The van der Waals surface area contributed by atoms with E-state index in [0.29, 0.717) is 22.2 Å². The smallest absolute Gasteiger partial charge is 0.303 e. The molecule has 7 nitrogen and oxygen atoms in total. The van der Waals surface area contributed by atoms with Crippen molar-refractivity contribution in [2.45, 2.75) is 18.8 Å². The lowest BCUT2D eigenvalue weighted by atomic mass is 9.83. The molecule has 1 atom stereocenters. The molecule has 5 N–H and O–H groups in total. The molecule has 1 unspecified atom stereocenters. The number of aliphatic carboxylic acids is 1. The molecule has 1 heterocycles. The summed E-state index contributed by atoms with van der Waals surface area (Å²) < 4.78 is 0. The third-order valence-corrected chi connectivity index (χ3v) is 4.03. The van der Waals surface area contributed by atoms with Crippen molar-refractivity contribution in [1.82, 2.24) is 5.32 Å². The van der Waals surface area contributed by atoms with Crippen LogP contribution in [0.15, 0.2) is 30.3 Å². The van der Waals surface area contributed by atoms with Gasteiger partial charge in [0, 0.05) is 11.8 Å². The third-order valence-electron chi connectivity index (χ3n) is 4.03. The minimum Gasteiger partial charge on any atom is -0.481 e. The van der Waals surface area contributed by atoms with Gasteiger partial charge < -0.3 is 10.5 Å². The fourth-order valence-corrected chi connectivity index (χ4v) is 3.00. The zero-order chi connectivity index (χ0) is 16.6. The highest BCUT2D eigenvalue weighted by molar-refractivity contribution is 6.19. The van der Waals surface area contributed by atoms with E-state index in [-0.39, 0.29) is 12.8 Å². The number of carbonyl (C=O) groups is 3. The molecule has 1 aliphatic heterocycles. The summed E-state index contributed by atoms with van der Waals surface area (Å²) in [5, 5.41) is 12.6. The van der Waals surface area contributed by atoms with Crippen molar-refractivity contribution in [3.05, 3.63) is 41.5 Å². The van der Waals surface area contributed by atoms with Crippen LogP contribution < -0.4 is 16.6 Å². The highest BCUT2D eigenvalue weighted by atomic mass is 16.4. The summed E-state index contributed by atoms with van der Waals surface area (Å²) in [6.45, 7) is 0. The molecule has 0 fully saturated rings. The number of nitrogen functional groups attached to an aromatic ring is 1. The molecular weight excluding hydrogens is 298 g/mol. The van der Waals surface area contributed by atoms with E-state index >= 15 is 0 Å². The van der Waals surface area contributed by atoms with E-state index in [0.717, 1.165) is 5.39 Å². The molecule has 2 aromatic rings. The maximum atomic E-state index is 12.3. The Hall–Kier alpha value is -2.93. The molecule has 7 heteroatoms. The van der Waals surface area contributed by atoms with Crippen LogP contribution >= 0.6 is 0 Å². The number of hydrogen-bond acceptors (Lipinski definition) is 5. The quantitative estimate of drug-likeness (QED) is 0.384. The molecule has 3 rings (SSSR count). The summed E-state index contributed by atoms with van der Waals surface area (Å²) in [6.07, 6.45) is -0.0479. The van der Waals surface area contributed by atoms with Crippen molar-refractivity contribution in [2.75, 3.05) is 5.43 Å². The molecular formula is C16H15N3O4. The summed E-state index contributed by atoms with van der Waals surface area (Å²) in [4.78, 5) is 35.3. The van der Waals surface area contributed by atoms with Crippen LogP contribution in [-0.4, -0.2) is 22.9 Å². The molecule has 1 aliphatic rings. The van der Waals surface area contributed by atoms with Gasteiger partial charge in [0.25, 0.3) is 5.91 Å². The lowest BCUT2D eigenvalue weighted by molar-refractivity contribution is -0.137. The predicted octanol–water partition coefficient (Wildman–Crippen LogP) is 1.34. The number of carboxylic acids is 1. The SMILES string of the molecule is NNc1cc2c(c3ccccc13)C(=O)NC(=O)C2CCC(=O)O. The number of carbonyl (C=O) groups excluding carboxylic acids is 2. The van der Waals surface area contributed by atoms with Gasteiger partial charge in [-0.1, -0.05) is 24.3 Å². The topological polar surface area (TPSA) is 122 Å². The number of carboxylic acid groups (broad SMARTS) is 1. The van der Waals surface area contributed by atoms with Crippen molar-refractivity contribution in [1.29, 1.82) is 0 Å². The lowest BCUT2D eigenvalue weighted by Gasteiger charge is -2.26. The first-order valence-corrected chi connectivity index (χ1v) is 7.12. The molecule has 0 saturated carbocycles. The van der Waals surface area contributed by atoms with Crippen molar-refractivity contribution < 1.29 is 19.5 Å². The molecule has 23 heavy (non-hydrogen) atoms. The van der Waals surface area contributed by atoms with Crippen LogP contribution in [0.5, 0.6) is 0 Å². The average molecular weight is 313 g/mol. The Morgan fingerprint density at radius 2 is 1.96 bits per heavy atom. The second-order valence-corrected chi connectivity index (χ2v) is 5.38. The molecule has 118 valence electrons. The Morgan fingerprint density at radius 3 is 2.61 bits per heavy atom. The van der Waals surface area contributed by atoms with Crippen molar-refractivity contribution >= 4 is 34.2 Å². The van der Waals surface area contributed by atoms with E-state index in [9.17, 15) is 14.4 Å². The summed E-state index contributed by atoms with van der Waals surface area (Å²) in [5.74, 6) is 2.91. The Labute approximate surface area is 131 Å². The number of anilines is 1. The molecule has 2 aromatic carbocycles. The van der Waals surface area contributed by atoms with Gasteiger partial charge in [0.05, 0.1) is 17.2 Å². The Kier molecular flexibility index (Phi) is 3.71. The summed E-state index contributed by atoms with van der Waals surface area (Å²) in [5.41, 5.74) is 4.07. The van der Waals surface area contributed by atoms with Gasteiger partial charge in [-0.25, -0.2) is 0 Å². The number of benzene rings is 2. The maximum absolute atomic E-state index is 12.3. The van der Waals surface area contributed by atoms with E-state index in [1.807, 2.05) is 12.1 Å². The van der Waals surface area contributed by atoms with Gasteiger partial charge in [-0.15, -0.1) is 0 Å². The Balaban J connectivity index is 2.23. The van der Waals surface area contributed by atoms with Gasteiger partial charge in [0.15, 0.2) is 0 Å². The summed E-state index contributed by atoms with van der Waals surface area (Å²) in [6, 6.07) is 8.86. The van der Waals surface area contributed by atoms with Gasteiger partial charge in [0.1, 0.15) is 0 Å². The van der Waals surface area contributed by atoms with E-state index in [4.69, 9.17) is 10.9 Å². The summed E-state index contributed by atoms with van der Waals surface area (Å²) in [7, 11) is 0.